The molecule has 0 aliphatic carbocycles. The number of hydrogen-bond acceptors (Lipinski definition) is 4. The monoisotopic (exact) mass is 363 g/mol. The second-order valence-electron chi connectivity index (χ2n) is 7.68. The molecule has 0 aromatic carbocycles. The van der Waals surface area contributed by atoms with Crippen LogP contribution >= 0.6 is 0 Å². The quantitative estimate of drug-likeness (QED) is 0.414. The van der Waals surface area contributed by atoms with Gasteiger partial charge >= 0.3 is 0 Å². The van der Waals surface area contributed by atoms with Gasteiger partial charge in [-0.15, -0.1) is 0 Å². The van der Waals surface area contributed by atoms with Crippen LogP contribution in [0.4, 0.5) is 0 Å². The molecule has 148 valence electrons. The molecule has 1 fully saturated rings. The summed E-state index contributed by atoms with van der Waals surface area (Å²) in [7, 11) is 7.97. The van der Waals surface area contributed by atoms with Crippen LogP contribution in [-0.2, 0) is 7.05 Å². The SMILES string of the molecule is CN=C(NCCCN1CCC(C)CC1)NCC(c1cnn(C)c1)N(C)C. The van der Waals surface area contributed by atoms with Crippen molar-refractivity contribution >= 4 is 5.96 Å². The van der Waals surface area contributed by atoms with Gasteiger partial charge in [-0.2, -0.15) is 5.10 Å². The fourth-order valence-electron chi connectivity index (χ4n) is 3.42. The number of guanidine groups is 1. The van der Waals surface area contributed by atoms with Gasteiger partial charge in [0.05, 0.1) is 12.2 Å². The smallest absolute Gasteiger partial charge is 0.191 e. The van der Waals surface area contributed by atoms with E-state index >= 15 is 0 Å². The van der Waals surface area contributed by atoms with Gasteiger partial charge in [0.1, 0.15) is 0 Å². The summed E-state index contributed by atoms with van der Waals surface area (Å²) in [5.41, 5.74) is 1.21. The Hall–Kier alpha value is -1.60. The normalized spacial score (nSPS) is 18.3. The molecular formula is C19H37N7. The van der Waals surface area contributed by atoms with Gasteiger partial charge in [-0.1, -0.05) is 6.92 Å². The Balaban J connectivity index is 1.69. The Morgan fingerprint density at radius 2 is 2.08 bits per heavy atom. The summed E-state index contributed by atoms with van der Waals surface area (Å²) in [6.07, 6.45) is 7.84. The average Bonchev–Trinajstić information content (AvgIpc) is 3.04. The fraction of sp³-hybridized carbons (Fsp3) is 0.789. The predicted octanol–water partition coefficient (Wildman–Crippen LogP) is 1.31. The second-order valence-corrected chi connectivity index (χ2v) is 7.68. The molecule has 2 heterocycles. The van der Waals surface area contributed by atoms with E-state index in [4.69, 9.17) is 0 Å². The molecule has 2 rings (SSSR count). The molecule has 0 saturated carbocycles. The van der Waals surface area contributed by atoms with Crippen LogP contribution in [0.2, 0.25) is 0 Å². The third kappa shape index (κ3) is 6.61. The first-order chi connectivity index (χ1) is 12.5. The molecule has 1 aliphatic rings. The molecule has 1 atom stereocenters. The zero-order valence-corrected chi connectivity index (χ0v) is 17.2. The number of nitrogens with zero attached hydrogens (tertiary/aromatic N) is 5. The number of nitrogens with one attached hydrogen (secondary N) is 2. The highest BCUT2D eigenvalue weighted by molar-refractivity contribution is 5.79. The number of piperidine rings is 1. The van der Waals surface area contributed by atoms with E-state index in [2.05, 4.69) is 57.7 Å². The largest absolute Gasteiger partial charge is 0.356 e. The molecule has 1 aliphatic heterocycles. The van der Waals surface area contributed by atoms with Crippen LogP contribution in [0.25, 0.3) is 0 Å². The second kappa shape index (κ2) is 10.5. The third-order valence-electron chi connectivity index (χ3n) is 5.24. The Morgan fingerprint density at radius 3 is 2.65 bits per heavy atom. The summed E-state index contributed by atoms with van der Waals surface area (Å²) in [4.78, 5) is 9.14. The number of aromatic nitrogens is 2. The summed E-state index contributed by atoms with van der Waals surface area (Å²) in [6.45, 7) is 7.79. The van der Waals surface area contributed by atoms with Crippen molar-refractivity contribution in [2.45, 2.75) is 32.2 Å². The molecule has 0 bridgehead atoms. The van der Waals surface area contributed by atoms with Crippen LogP contribution in [0.15, 0.2) is 17.4 Å². The zero-order valence-electron chi connectivity index (χ0n) is 17.2. The maximum atomic E-state index is 4.35. The molecule has 26 heavy (non-hydrogen) atoms. The Kier molecular flexibility index (Phi) is 8.38. The molecule has 1 saturated heterocycles. The lowest BCUT2D eigenvalue weighted by atomic mass is 9.99. The van der Waals surface area contributed by atoms with E-state index in [1.54, 1.807) is 0 Å². The van der Waals surface area contributed by atoms with Crippen molar-refractivity contribution in [3.8, 4) is 0 Å². The summed E-state index contributed by atoms with van der Waals surface area (Å²) in [5.74, 6) is 1.77. The minimum absolute atomic E-state index is 0.262. The lowest BCUT2D eigenvalue weighted by molar-refractivity contribution is 0.191. The van der Waals surface area contributed by atoms with Crippen LogP contribution < -0.4 is 10.6 Å². The lowest BCUT2D eigenvalue weighted by Crippen LogP contribution is -2.42. The molecule has 1 aromatic rings. The first-order valence-corrected chi connectivity index (χ1v) is 9.81. The Morgan fingerprint density at radius 1 is 1.35 bits per heavy atom. The highest BCUT2D eigenvalue weighted by Crippen LogP contribution is 2.16. The topological polar surface area (TPSA) is 60.7 Å². The van der Waals surface area contributed by atoms with Crippen molar-refractivity contribution in [3.05, 3.63) is 18.0 Å². The van der Waals surface area contributed by atoms with E-state index in [0.717, 1.165) is 31.4 Å². The predicted molar refractivity (Wildman–Crippen MR) is 108 cm³/mol. The summed E-state index contributed by atoms with van der Waals surface area (Å²) >= 11 is 0. The van der Waals surface area contributed by atoms with Crippen LogP contribution in [0.1, 0.15) is 37.8 Å². The first kappa shape index (κ1) is 20.7. The van der Waals surface area contributed by atoms with Crippen LogP contribution in [0, 0.1) is 5.92 Å². The van der Waals surface area contributed by atoms with Crippen LogP contribution in [0.3, 0.4) is 0 Å². The minimum atomic E-state index is 0.262. The van der Waals surface area contributed by atoms with E-state index in [1.807, 2.05) is 25.0 Å². The Bertz CT molecular complexity index is 544. The summed E-state index contributed by atoms with van der Waals surface area (Å²) in [5, 5.41) is 11.2. The molecule has 7 nitrogen and oxygen atoms in total. The first-order valence-electron chi connectivity index (χ1n) is 9.81. The number of likely N-dealkylation sites (N-methyl/N-ethyl adjacent to an activating group) is 1. The van der Waals surface area contributed by atoms with Crippen LogP contribution in [-0.4, -0.2) is 79.4 Å². The number of aryl methyl sites for hydroxylation is 1. The standard InChI is InChI=1S/C19H37N7/c1-16-7-11-26(12-8-16)10-6-9-21-19(20-2)22-14-18(24(3)4)17-13-23-25(5)15-17/h13,15-16,18H,6-12,14H2,1-5H3,(H2,20,21,22). The average molecular weight is 364 g/mol. The highest BCUT2D eigenvalue weighted by atomic mass is 15.3. The number of aliphatic imine (C=N–C) groups is 1. The lowest BCUT2D eigenvalue weighted by Gasteiger charge is -2.30. The van der Waals surface area contributed by atoms with Gasteiger partial charge in [-0.3, -0.25) is 9.67 Å². The van der Waals surface area contributed by atoms with Crippen molar-refractivity contribution in [2.75, 3.05) is 53.9 Å². The van der Waals surface area contributed by atoms with Crippen molar-refractivity contribution < 1.29 is 0 Å². The highest BCUT2D eigenvalue weighted by Gasteiger charge is 2.17. The molecule has 0 radical (unpaired) electrons. The maximum absolute atomic E-state index is 4.35. The van der Waals surface area contributed by atoms with Crippen LogP contribution in [0.5, 0.6) is 0 Å². The van der Waals surface area contributed by atoms with E-state index < -0.39 is 0 Å². The fourth-order valence-corrected chi connectivity index (χ4v) is 3.42. The molecule has 2 N–H and O–H groups in total. The molecule has 7 heteroatoms. The van der Waals surface area contributed by atoms with Crippen molar-refractivity contribution in [1.82, 2.24) is 30.2 Å². The van der Waals surface area contributed by atoms with Gasteiger partial charge in [0.15, 0.2) is 5.96 Å². The van der Waals surface area contributed by atoms with Gasteiger partial charge in [0.25, 0.3) is 0 Å². The van der Waals surface area contributed by atoms with Crippen molar-refractivity contribution in [1.29, 1.82) is 0 Å². The van der Waals surface area contributed by atoms with Gasteiger partial charge in [0, 0.05) is 38.9 Å². The molecule has 0 spiro atoms. The van der Waals surface area contributed by atoms with E-state index in [9.17, 15) is 0 Å². The molecule has 0 amide bonds. The number of rotatable bonds is 8. The van der Waals surface area contributed by atoms with Crippen molar-refractivity contribution in [3.63, 3.8) is 0 Å². The minimum Gasteiger partial charge on any atom is -0.356 e. The van der Waals surface area contributed by atoms with E-state index in [-0.39, 0.29) is 6.04 Å². The van der Waals surface area contributed by atoms with E-state index in [1.165, 1.54) is 38.0 Å². The summed E-state index contributed by atoms with van der Waals surface area (Å²) in [6, 6.07) is 0.262. The van der Waals surface area contributed by atoms with Gasteiger partial charge < -0.3 is 20.4 Å². The molecule has 1 aromatic heterocycles. The van der Waals surface area contributed by atoms with Gasteiger partial charge in [-0.05, 0) is 58.9 Å². The Labute approximate surface area is 158 Å². The molecule has 1 unspecified atom stereocenters. The summed E-state index contributed by atoms with van der Waals surface area (Å²) < 4.78 is 1.85. The third-order valence-corrected chi connectivity index (χ3v) is 5.24. The molecular weight excluding hydrogens is 326 g/mol. The maximum Gasteiger partial charge on any atom is 0.191 e. The van der Waals surface area contributed by atoms with E-state index in [0.29, 0.717) is 0 Å². The zero-order chi connectivity index (χ0) is 18.9. The van der Waals surface area contributed by atoms with Crippen molar-refractivity contribution in [2.24, 2.45) is 18.0 Å². The number of likely N-dealkylation sites (tertiary alicyclic amines) is 1. The van der Waals surface area contributed by atoms with Gasteiger partial charge in [-0.25, -0.2) is 0 Å². The van der Waals surface area contributed by atoms with Gasteiger partial charge in [0.2, 0.25) is 0 Å². The number of hydrogen-bond donors (Lipinski definition) is 2.